The number of amides is 2. The second kappa shape index (κ2) is 8.56. The molecule has 26 heavy (non-hydrogen) atoms. The van der Waals surface area contributed by atoms with Crippen LogP contribution in [-0.4, -0.2) is 59.4 Å². The summed E-state index contributed by atoms with van der Waals surface area (Å²) in [5, 5.41) is 0. The largest absolute Gasteiger partial charge is 0.494 e. The molecule has 2 aromatic rings. The van der Waals surface area contributed by atoms with Crippen LogP contribution in [0.25, 0.3) is 0 Å². The summed E-state index contributed by atoms with van der Waals surface area (Å²) in [4.78, 5) is 31.8. The molecule has 0 spiro atoms. The van der Waals surface area contributed by atoms with Crippen LogP contribution in [-0.2, 0) is 0 Å². The van der Waals surface area contributed by atoms with Gasteiger partial charge in [-0.05, 0) is 49.2 Å². The van der Waals surface area contributed by atoms with Crippen molar-refractivity contribution >= 4 is 11.8 Å². The van der Waals surface area contributed by atoms with Crippen molar-refractivity contribution in [2.45, 2.75) is 19.8 Å². The highest BCUT2D eigenvalue weighted by molar-refractivity contribution is 5.95. The van der Waals surface area contributed by atoms with Gasteiger partial charge in [0.25, 0.3) is 11.8 Å². The van der Waals surface area contributed by atoms with Gasteiger partial charge in [-0.3, -0.25) is 9.59 Å². The molecule has 1 fully saturated rings. The van der Waals surface area contributed by atoms with Crippen molar-refractivity contribution < 1.29 is 14.3 Å². The quantitative estimate of drug-likeness (QED) is 0.897. The predicted octanol–water partition coefficient (Wildman–Crippen LogP) is 2.79. The van der Waals surface area contributed by atoms with Crippen LogP contribution >= 0.6 is 0 Å². The average molecular weight is 355 g/mol. The fourth-order valence-electron chi connectivity index (χ4n) is 3.05. The third-order valence-electron chi connectivity index (χ3n) is 4.47. The number of hydrogen-bond acceptors (Lipinski definition) is 3. The van der Waals surface area contributed by atoms with Crippen LogP contribution in [0.15, 0.2) is 42.6 Å². The molecule has 1 aromatic heterocycles. The number of carbonyl (C=O) groups excluding carboxylic acids is 2. The fourth-order valence-corrected chi connectivity index (χ4v) is 3.05. The molecule has 2 heterocycles. The lowest BCUT2D eigenvalue weighted by molar-refractivity contribution is 0.0716. The molecule has 138 valence electrons. The molecule has 0 bridgehead atoms. The van der Waals surface area contributed by atoms with E-state index in [4.69, 9.17) is 4.74 Å². The van der Waals surface area contributed by atoms with E-state index in [0.29, 0.717) is 44.0 Å². The van der Waals surface area contributed by atoms with Crippen molar-refractivity contribution in [3.05, 3.63) is 53.9 Å². The molecule has 0 saturated carbocycles. The van der Waals surface area contributed by atoms with Crippen LogP contribution in [0.5, 0.6) is 5.75 Å². The summed E-state index contributed by atoms with van der Waals surface area (Å²) in [5.74, 6) is 0.768. The highest BCUT2D eigenvalue weighted by atomic mass is 16.5. The van der Waals surface area contributed by atoms with Gasteiger partial charge in [0.05, 0.1) is 6.61 Å². The monoisotopic (exact) mass is 355 g/mol. The number of nitrogens with zero attached hydrogens (tertiary/aromatic N) is 2. The van der Waals surface area contributed by atoms with Gasteiger partial charge in [-0.25, -0.2) is 0 Å². The van der Waals surface area contributed by atoms with Crippen LogP contribution in [0.4, 0.5) is 0 Å². The molecule has 0 atom stereocenters. The molecule has 3 rings (SSSR count). The summed E-state index contributed by atoms with van der Waals surface area (Å²) in [6.07, 6.45) is 3.47. The zero-order chi connectivity index (χ0) is 18.4. The Balaban J connectivity index is 1.59. The molecular formula is C20H25N3O3. The number of nitrogens with one attached hydrogen (secondary N) is 1. The standard InChI is InChI=1S/C20H25N3O3/c1-2-15-26-17-8-6-16(7-9-17)19(24)22-11-4-12-23(14-13-22)20(25)18-5-3-10-21-18/h3,5-10,21H,2,4,11-15H2,1H3. The Kier molecular flexibility index (Phi) is 5.94. The summed E-state index contributed by atoms with van der Waals surface area (Å²) < 4.78 is 5.56. The number of aromatic amines is 1. The van der Waals surface area contributed by atoms with E-state index in [2.05, 4.69) is 11.9 Å². The molecule has 1 aliphatic heterocycles. The minimum Gasteiger partial charge on any atom is -0.494 e. The highest BCUT2D eigenvalue weighted by Crippen LogP contribution is 2.16. The number of H-pyrrole nitrogens is 1. The Morgan fingerprint density at radius 3 is 2.31 bits per heavy atom. The smallest absolute Gasteiger partial charge is 0.270 e. The van der Waals surface area contributed by atoms with Crippen LogP contribution in [0.3, 0.4) is 0 Å². The zero-order valence-corrected chi connectivity index (χ0v) is 15.1. The molecule has 0 aliphatic carbocycles. The van der Waals surface area contributed by atoms with Crippen molar-refractivity contribution in [3.8, 4) is 5.75 Å². The van der Waals surface area contributed by atoms with E-state index in [1.165, 1.54) is 0 Å². The summed E-state index contributed by atoms with van der Waals surface area (Å²) in [6.45, 7) is 5.12. The van der Waals surface area contributed by atoms with E-state index < -0.39 is 0 Å². The molecule has 6 nitrogen and oxygen atoms in total. The van der Waals surface area contributed by atoms with Gasteiger partial charge in [-0.2, -0.15) is 0 Å². The second-order valence-electron chi connectivity index (χ2n) is 6.39. The lowest BCUT2D eigenvalue weighted by Gasteiger charge is -2.22. The number of carbonyl (C=O) groups is 2. The maximum absolute atomic E-state index is 12.8. The first-order valence-corrected chi connectivity index (χ1v) is 9.14. The summed E-state index contributed by atoms with van der Waals surface area (Å²) in [6, 6.07) is 10.9. The van der Waals surface area contributed by atoms with Gasteiger partial charge in [0, 0.05) is 37.9 Å². The fraction of sp³-hybridized carbons (Fsp3) is 0.400. The number of aromatic nitrogens is 1. The lowest BCUT2D eigenvalue weighted by atomic mass is 10.2. The number of rotatable bonds is 5. The minimum atomic E-state index is -0.0123. The van der Waals surface area contributed by atoms with E-state index in [-0.39, 0.29) is 11.8 Å². The first-order chi connectivity index (χ1) is 12.7. The third-order valence-corrected chi connectivity index (χ3v) is 4.47. The van der Waals surface area contributed by atoms with E-state index in [9.17, 15) is 9.59 Å². The van der Waals surface area contributed by atoms with Crippen LogP contribution in [0.2, 0.25) is 0 Å². The van der Waals surface area contributed by atoms with Gasteiger partial charge in [-0.1, -0.05) is 6.92 Å². The normalized spacial score (nSPS) is 14.8. The lowest BCUT2D eigenvalue weighted by Crippen LogP contribution is -2.37. The summed E-state index contributed by atoms with van der Waals surface area (Å²) >= 11 is 0. The maximum Gasteiger partial charge on any atom is 0.270 e. The van der Waals surface area contributed by atoms with Gasteiger partial charge in [0.15, 0.2) is 0 Å². The van der Waals surface area contributed by atoms with Crippen molar-refractivity contribution in [1.29, 1.82) is 0 Å². The Hall–Kier alpha value is -2.76. The van der Waals surface area contributed by atoms with Crippen molar-refractivity contribution in [2.75, 3.05) is 32.8 Å². The number of ether oxygens (including phenoxy) is 1. The molecule has 6 heteroatoms. The van der Waals surface area contributed by atoms with Crippen LogP contribution < -0.4 is 4.74 Å². The molecule has 0 radical (unpaired) electrons. The van der Waals surface area contributed by atoms with Crippen LogP contribution in [0.1, 0.15) is 40.6 Å². The average Bonchev–Trinajstić information content (AvgIpc) is 3.10. The molecule has 2 amide bonds. The predicted molar refractivity (Wildman–Crippen MR) is 99.4 cm³/mol. The Morgan fingerprint density at radius 1 is 1.00 bits per heavy atom. The second-order valence-corrected chi connectivity index (χ2v) is 6.39. The van der Waals surface area contributed by atoms with Gasteiger partial charge >= 0.3 is 0 Å². The SMILES string of the molecule is CCCOc1ccc(C(=O)N2CCCN(C(=O)c3ccc[nH]3)CC2)cc1. The highest BCUT2D eigenvalue weighted by Gasteiger charge is 2.23. The molecule has 1 aromatic carbocycles. The van der Waals surface area contributed by atoms with Gasteiger partial charge < -0.3 is 19.5 Å². The van der Waals surface area contributed by atoms with E-state index in [1.807, 2.05) is 23.1 Å². The third kappa shape index (κ3) is 4.25. The number of hydrogen-bond donors (Lipinski definition) is 1. The van der Waals surface area contributed by atoms with Crippen molar-refractivity contribution in [2.24, 2.45) is 0 Å². The van der Waals surface area contributed by atoms with E-state index in [1.54, 1.807) is 29.3 Å². The topological polar surface area (TPSA) is 65.6 Å². The van der Waals surface area contributed by atoms with Crippen molar-refractivity contribution in [1.82, 2.24) is 14.8 Å². The first kappa shape index (κ1) is 18.0. The van der Waals surface area contributed by atoms with E-state index in [0.717, 1.165) is 18.6 Å². The Morgan fingerprint density at radius 2 is 1.69 bits per heavy atom. The maximum atomic E-state index is 12.8. The zero-order valence-electron chi connectivity index (χ0n) is 15.1. The van der Waals surface area contributed by atoms with E-state index >= 15 is 0 Å². The molecule has 1 saturated heterocycles. The van der Waals surface area contributed by atoms with Crippen molar-refractivity contribution in [3.63, 3.8) is 0 Å². The summed E-state index contributed by atoms with van der Waals surface area (Å²) in [5.41, 5.74) is 1.24. The Labute approximate surface area is 153 Å². The van der Waals surface area contributed by atoms with Gasteiger partial charge in [-0.15, -0.1) is 0 Å². The molecular weight excluding hydrogens is 330 g/mol. The molecule has 1 N–H and O–H groups in total. The minimum absolute atomic E-state index is 0.00112. The molecule has 0 unspecified atom stereocenters. The van der Waals surface area contributed by atoms with Gasteiger partial charge in [0.2, 0.25) is 0 Å². The molecule has 1 aliphatic rings. The first-order valence-electron chi connectivity index (χ1n) is 9.14. The number of benzene rings is 1. The Bertz CT molecular complexity index is 725. The summed E-state index contributed by atoms with van der Waals surface area (Å²) in [7, 11) is 0. The van der Waals surface area contributed by atoms with Gasteiger partial charge in [0.1, 0.15) is 11.4 Å². The van der Waals surface area contributed by atoms with Crippen LogP contribution in [0, 0.1) is 0 Å².